The van der Waals surface area contributed by atoms with Crippen LogP contribution in [0, 0.1) is 6.92 Å². The number of hydrogen-bond acceptors (Lipinski definition) is 4. The van der Waals surface area contributed by atoms with E-state index in [1.54, 1.807) is 6.07 Å². The van der Waals surface area contributed by atoms with Crippen molar-refractivity contribution in [3.63, 3.8) is 0 Å². The lowest BCUT2D eigenvalue weighted by molar-refractivity contribution is -0.116. The van der Waals surface area contributed by atoms with E-state index in [0.717, 1.165) is 10.0 Å². The molecule has 116 valence electrons. The van der Waals surface area contributed by atoms with Crippen LogP contribution in [0.5, 0.6) is 0 Å². The minimum absolute atomic E-state index is 0.115. The Morgan fingerprint density at radius 1 is 1.48 bits per heavy atom. The molecule has 8 heteroatoms. The monoisotopic (exact) mass is 375 g/mol. The maximum atomic E-state index is 12.0. The predicted octanol–water partition coefficient (Wildman–Crippen LogP) is 1.70. The molecule has 0 unspecified atom stereocenters. The second-order valence-electron chi connectivity index (χ2n) is 5.05. The van der Waals surface area contributed by atoms with E-state index in [1.807, 2.05) is 13.0 Å². The van der Waals surface area contributed by atoms with Crippen LogP contribution < -0.4 is 11.1 Å². The fraction of sp³-hybridized carbons (Fsp3) is 0.462. The highest BCUT2D eigenvalue weighted by molar-refractivity contribution is 9.10. The molecular weight excluding hydrogens is 358 g/mol. The molecule has 21 heavy (non-hydrogen) atoms. The van der Waals surface area contributed by atoms with E-state index in [9.17, 15) is 13.2 Å². The number of hydrogen-bond donors (Lipinski definition) is 2. The standard InChI is InChI=1S/C13H18BrN3O3S/c1-9-7-10(14)8-11(13(9)15)16-12(18)3-5-17-4-2-6-21(17,19)20/h7-8H,2-6,15H2,1H3,(H,16,18). The Morgan fingerprint density at radius 2 is 2.19 bits per heavy atom. The summed E-state index contributed by atoms with van der Waals surface area (Å²) in [6, 6.07) is 3.59. The number of rotatable bonds is 4. The zero-order chi connectivity index (χ0) is 15.6. The van der Waals surface area contributed by atoms with Gasteiger partial charge in [-0.1, -0.05) is 15.9 Å². The van der Waals surface area contributed by atoms with Gasteiger partial charge in [0.25, 0.3) is 0 Å². The molecule has 2 rings (SSSR count). The number of carbonyl (C=O) groups excluding carboxylic acids is 1. The summed E-state index contributed by atoms with van der Waals surface area (Å²) in [6.07, 6.45) is 0.742. The summed E-state index contributed by atoms with van der Waals surface area (Å²) in [5.41, 5.74) is 7.83. The van der Waals surface area contributed by atoms with Crippen LogP contribution in [0.2, 0.25) is 0 Å². The molecule has 3 N–H and O–H groups in total. The first-order valence-electron chi connectivity index (χ1n) is 6.63. The second kappa shape index (κ2) is 6.33. The lowest BCUT2D eigenvalue weighted by Gasteiger charge is -2.15. The van der Waals surface area contributed by atoms with Gasteiger partial charge in [-0.2, -0.15) is 0 Å². The molecule has 0 aromatic heterocycles. The molecule has 1 aromatic carbocycles. The van der Waals surface area contributed by atoms with Crippen molar-refractivity contribution in [3.8, 4) is 0 Å². The number of sulfonamides is 1. The lowest BCUT2D eigenvalue weighted by atomic mass is 10.1. The van der Waals surface area contributed by atoms with Crippen LogP contribution in [0.25, 0.3) is 0 Å². The molecule has 0 spiro atoms. The van der Waals surface area contributed by atoms with Crippen LogP contribution in [0.15, 0.2) is 16.6 Å². The summed E-state index contributed by atoms with van der Waals surface area (Å²) in [4.78, 5) is 12.0. The van der Waals surface area contributed by atoms with Gasteiger partial charge >= 0.3 is 0 Å². The van der Waals surface area contributed by atoms with Crippen molar-refractivity contribution < 1.29 is 13.2 Å². The van der Waals surface area contributed by atoms with E-state index >= 15 is 0 Å². The Bertz CT molecular complexity index is 661. The van der Waals surface area contributed by atoms with Crippen LogP contribution in [-0.2, 0) is 14.8 Å². The molecule has 0 aliphatic carbocycles. The fourth-order valence-electron chi connectivity index (χ4n) is 2.24. The number of anilines is 2. The van der Waals surface area contributed by atoms with Gasteiger partial charge in [0.15, 0.2) is 0 Å². The third kappa shape index (κ3) is 3.96. The molecule has 0 saturated carbocycles. The highest BCUT2D eigenvalue weighted by Crippen LogP contribution is 2.27. The topological polar surface area (TPSA) is 92.5 Å². The molecule has 1 aliphatic rings. The lowest BCUT2D eigenvalue weighted by Crippen LogP contribution is -2.29. The zero-order valence-corrected chi connectivity index (χ0v) is 14.1. The number of benzene rings is 1. The summed E-state index contributed by atoms with van der Waals surface area (Å²) in [5.74, 6) is -0.0758. The average molecular weight is 376 g/mol. The van der Waals surface area contributed by atoms with Crippen LogP contribution >= 0.6 is 15.9 Å². The normalized spacial score (nSPS) is 17.8. The molecule has 1 aromatic rings. The van der Waals surface area contributed by atoms with E-state index in [-0.39, 0.29) is 24.6 Å². The van der Waals surface area contributed by atoms with Crippen molar-refractivity contribution in [2.24, 2.45) is 0 Å². The summed E-state index contributed by atoms with van der Waals surface area (Å²) < 4.78 is 25.5. The Labute approximate surface area is 132 Å². The van der Waals surface area contributed by atoms with Gasteiger partial charge in [-0.25, -0.2) is 12.7 Å². The highest BCUT2D eigenvalue weighted by atomic mass is 79.9. The van der Waals surface area contributed by atoms with Crippen LogP contribution in [0.3, 0.4) is 0 Å². The third-order valence-corrected chi connectivity index (χ3v) is 5.83. The number of nitrogens with one attached hydrogen (secondary N) is 1. The van der Waals surface area contributed by atoms with Crippen molar-refractivity contribution in [3.05, 3.63) is 22.2 Å². The maximum absolute atomic E-state index is 12.0. The van der Waals surface area contributed by atoms with Crippen molar-refractivity contribution in [1.29, 1.82) is 0 Å². The van der Waals surface area contributed by atoms with Crippen molar-refractivity contribution in [2.75, 3.05) is 29.9 Å². The number of carbonyl (C=O) groups is 1. The molecule has 1 heterocycles. The average Bonchev–Trinajstić information content (AvgIpc) is 2.72. The number of amides is 1. The van der Waals surface area contributed by atoms with E-state index in [2.05, 4.69) is 21.2 Å². The summed E-state index contributed by atoms with van der Waals surface area (Å²) in [7, 11) is -3.16. The third-order valence-electron chi connectivity index (χ3n) is 3.42. The van der Waals surface area contributed by atoms with E-state index < -0.39 is 10.0 Å². The fourth-order valence-corrected chi connectivity index (χ4v) is 4.34. The smallest absolute Gasteiger partial charge is 0.225 e. The molecule has 1 saturated heterocycles. The van der Waals surface area contributed by atoms with E-state index in [1.165, 1.54) is 4.31 Å². The molecule has 1 aliphatic heterocycles. The number of nitrogen functional groups attached to an aromatic ring is 1. The first-order chi connectivity index (χ1) is 9.79. The molecule has 1 fully saturated rings. The molecular formula is C13H18BrN3O3S. The first-order valence-corrected chi connectivity index (χ1v) is 9.03. The number of aryl methyl sites for hydroxylation is 1. The largest absolute Gasteiger partial charge is 0.397 e. The Balaban J connectivity index is 1.97. The SMILES string of the molecule is Cc1cc(Br)cc(NC(=O)CCN2CCCS2(=O)=O)c1N. The quantitative estimate of drug-likeness (QED) is 0.783. The molecule has 1 amide bonds. The Morgan fingerprint density at radius 3 is 2.81 bits per heavy atom. The first kappa shape index (κ1) is 16.3. The number of halogens is 1. The maximum Gasteiger partial charge on any atom is 0.225 e. The van der Waals surface area contributed by atoms with Gasteiger partial charge in [-0.3, -0.25) is 4.79 Å². The Hall–Kier alpha value is -1.12. The van der Waals surface area contributed by atoms with Gasteiger partial charge in [0, 0.05) is 24.0 Å². The Kier molecular flexibility index (Phi) is 4.90. The second-order valence-corrected chi connectivity index (χ2v) is 8.05. The number of nitrogens with two attached hydrogens (primary N) is 1. The van der Waals surface area contributed by atoms with Crippen molar-refractivity contribution in [1.82, 2.24) is 4.31 Å². The van der Waals surface area contributed by atoms with Crippen LogP contribution in [0.1, 0.15) is 18.4 Å². The molecule has 0 radical (unpaired) electrons. The van der Waals surface area contributed by atoms with Gasteiger partial charge in [0.1, 0.15) is 0 Å². The summed E-state index contributed by atoms with van der Waals surface area (Å²) in [6.45, 7) is 2.56. The minimum Gasteiger partial charge on any atom is -0.397 e. The minimum atomic E-state index is -3.16. The van der Waals surface area contributed by atoms with Gasteiger partial charge in [0.05, 0.1) is 17.1 Å². The predicted molar refractivity (Wildman–Crippen MR) is 86.5 cm³/mol. The molecule has 0 atom stereocenters. The van der Waals surface area contributed by atoms with Gasteiger partial charge in [0.2, 0.25) is 15.9 Å². The van der Waals surface area contributed by atoms with Crippen molar-refractivity contribution in [2.45, 2.75) is 19.8 Å². The summed E-state index contributed by atoms with van der Waals surface area (Å²) >= 11 is 3.35. The van der Waals surface area contributed by atoms with E-state index in [0.29, 0.717) is 24.3 Å². The molecule has 6 nitrogen and oxygen atoms in total. The highest BCUT2D eigenvalue weighted by Gasteiger charge is 2.28. The van der Waals surface area contributed by atoms with Gasteiger partial charge < -0.3 is 11.1 Å². The zero-order valence-electron chi connectivity index (χ0n) is 11.7. The van der Waals surface area contributed by atoms with Gasteiger partial charge in [-0.15, -0.1) is 0 Å². The number of nitrogens with zero attached hydrogens (tertiary/aromatic N) is 1. The van der Waals surface area contributed by atoms with Crippen LogP contribution in [-0.4, -0.2) is 37.5 Å². The summed E-state index contributed by atoms with van der Waals surface area (Å²) in [5, 5.41) is 2.73. The van der Waals surface area contributed by atoms with Crippen molar-refractivity contribution >= 4 is 43.2 Å². The molecule has 0 bridgehead atoms. The van der Waals surface area contributed by atoms with Gasteiger partial charge in [-0.05, 0) is 31.0 Å². The van der Waals surface area contributed by atoms with Crippen LogP contribution in [0.4, 0.5) is 11.4 Å². The van der Waals surface area contributed by atoms with E-state index in [4.69, 9.17) is 5.73 Å².